The van der Waals surface area contributed by atoms with Crippen molar-refractivity contribution >= 4 is 17.2 Å². The normalized spacial score (nSPS) is 10.5. The van der Waals surface area contributed by atoms with E-state index in [2.05, 4.69) is 16.5 Å². The van der Waals surface area contributed by atoms with Crippen LogP contribution in [0, 0.1) is 20.8 Å². The minimum absolute atomic E-state index is 0.299. The fraction of sp³-hybridized carbons (Fsp3) is 0.333. The van der Waals surface area contributed by atoms with Crippen molar-refractivity contribution in [2.45, 2.75) is 27.2 Å². The third-order valence-corrected chi connectivity index (χ3v) is 4.31. The Balaban J connectivity index is 1.97. The molecule has 1 amide bonds. The molecule has 0 aliphatic heterocycles. The van der Waals surface area contributed by atoms with Crippen LogP contribution in [0.5, 0.6) is 5.75 Å². The molecule has 1 aromatic heterocycles. The Labute approximate surface area is 128 Å². The molecule has 0 unspecified atom stereocenters. The summed E-state index contributed by atoms with van der Waals surface area (Å²) in [7, 11) is 0. The second kappa shape index (κ2) is 6.69. The third kappa shape index (κ3) is 3.80. The monoisotopic (exact) mass is 305 g/mol. The van der Waals surface area contributed by atoms with E-state index in [1.54, 1.807) is 6.92 Å². The quantitative estimate of drug-likeness (QED) is 0.505. The summed E-state index contributed by atoms with van der Waals surface area (Å²) in [5.41, 5.74) is 5.11. The molecule has 0 saturated carbocycles. The second-order valence-corrected chi connectivity index (χ2v) is 5.95. The highest BCUT2D eigenvalue weighted by Gasteiger charge is 2.14. The lowest BCUT2D eigenvalue weighted by Crippen LogP contribution is -2.29. The number of aromatic nitrogens is 1. The van der Waals surface area contributed by atoms with Gasteiger partial charge in [-0.1, -0.05) is 12.1 Å². The standard InChI is InChI=1S/C15H19N3O2S/c1-9-4-5-10(2)12(8-9)20-7-6-13-17-11(3)14(21-13)15(19)18-16/h4-5,8H,6-7,16H2,1-3H3,(H,18,19). The maximum absolute atomic E-state index is 11.5. The van der Waals surface area contributed by atoms with Crippen molar-refractivity contribution in [3.63, 3.8) is 0 Å². The molecule has 0 bridgehead atoms. The Morgan fingerprint density at radius 1 is 1.38 bits per heavy atom. The number of ether oxygens (including phenoxy) is 1. The van der Waals surface area contributed by atoms with Crippen LogP contribution in [0.2, 0.25) is 0 Å². The fourth-order valence-corrected chi connectivity index (χ4v) is 2.90. The number of hydrogen-bond acceptors (Lipinski definition) is 5. The molecule has 2 rings (SSSR count). The number of nitrogens with zero attached hydrogens (tertiary/aromatic N) is 1. The van der Waals surface area contributed by atoms with Crippen LogP contribution >= 0.6 is 11.3 Å². The molecule has 3 N–H and O–H groups in total. The molecule has 0 aliphatic carbocycles. The zero-order valence-electron chi connectivity index (χ0n) is 12.4. The first-order valence-electron chi connectivity index (χ1n) is 6.68. The van der Waals surface area contributed by atoms with Crippen LogP contribution in [0.25, 0.3) is 0 Å². The van der Waals surface area contributed by atoms with Crippen molar-refractivity contribution in [3.8, 4) is 5.75 Å². The molecular weight excluding hydrogens is 286 g/mol. The number of carbonyl (C=O) groups excluding carboxylic acids is 1. The maximum Gasteiger partial charge on any atom is 0.277 e. The lowest BCUT2D eigenvalue weighted by atomic mass is 10.1. The molecule has 0 fully saturated rings. The number of benzene rings is 1. The van der Waals surface area contributed by atoms with Gasteiger partial charge in [0.2, 0.25) is 0 Å². The van der Waals surface area contributed by atoms with Gasteiger partial charge in [0.25, 0.3) is 5.91 Å². The Bertz CT molecular complexity index is 652. The Kier molecular flexibility index (Phi) is 4.93. The van der Waals surface area contributed by atoms with Crippen LogP contribution in [-0.4, -0.2) is 17.5 Å². The molecule has 0 saturated heterocycles. The number of nitrogens with two attached hydrogens (primary N) is 1. The first-order chi connectivity index (χ1) is 10.0. The van der Waals surface area contributed by atoms with Gasteiger partial charge in [0.05, 0.1) is 17.3 Å². The van der Waals surface area contributed by atoms with Crippen LogP contribution in [0.1, 0.15) is 31.5 Å². The molecule has 112 valence electrons. The lowest BCUT2D eigenvalue weighted by Gasteiger charge is -2.08. The molecular formula is C15H19N3O2S. The van der Waals surface area contributed by atoms with Crippen molar-refractivity contribution < 1.29 is 9.53 Å². The Morgan fingerprint density at radius 3 is 2.86 bits per heavy atom. The molecule has 0 aliphatic rings. The van der Waals surface area contributed by atoms with Gasteiger partial charge in [0.1, 0.15) is 10.6 Å². The third-order valence-electron chi connectivity index (χ3n) is 3.10. The van der Waals surface area contributed by atoms with Crippen LogP contribution in [0.3, 0.4) is 0 Å². The number of amides is 1. The molecule has 6 heteroatoms. The zero-order chi connectivity index (χ0) is 15.4. The van der Waals surface area contributed by atoms with E-state index in [9.17, 15) is 4.79 Å². The summed E-state index contributed by atoms with van der Waals surface area (Å²) in [5.74, 6) is 5.74. The summed E-state index contributed by atoms with van der Waals surface area (Å²) in [4.78, 5) is 16.5. The summed E-state index contributed by atoms with van der Waals surface area (Å²) in [6.07, 6.45) is 0.663. The highest BCUT2D eigenvalue weighted by Crippen LogP contribution is 2.21. The van der Waals surface area contributed by atoms with Crippen LogP contribution in [0.4, 0.5) is 0 Å². The van der Waals surface area contributed by atoms with E-state index in [0.29, 0.717) is 23.6 Å². The number of hydrazine groups is 1. The molecule has 21 heavy (non-hydrogen) atoms. The minimum Gasteiger partial charge on any atom is -0.493 e. The number of aryl methyl sites for hydroxylation is 3. The van der Waals surface area contributed by atoms with E-state index < -0.39 is 0 Å². The number of rotatable bonds is 5. The topological polar surface area (TPSA) is 77.2 Å². The van der Waals surface area contributed by atoms with Gasteiger partial charge in [-0.2, -0.15) is 0 Å². The number of nitrogen functional groups attached to an aromatic ring is 1. The zero-order valence-corrected chi connectivity index (χ0v) is 13.2. The predicted octanol–water partition coefficient (Wildman–Crippen LogP) is 2.29. The van der Waals surface area contributed by atoms with Crippen LogP contribution in [0.15, 0.2) is 18.2 Å². The molecule has 0 radical (unpaired) electrons. The number of thiazole rings is 1. The van der Waals surface area contributed by atoms with Gasteiger partial charge in [-0.05, 0) is 38.0 Å². The van der Waals surface area contributed by atoms with E-state index >= 15 is 0 Å². The average Bonchev–Trinajstić information content (AvgIpc) is 2.83. The molecule has 0 spiro atoms. The summed E-state index contributed by atoms with van der Waals surface area (Å²) in [6.45, 7) is 6.39. The van der Waals surface area contributed by atoms with Gasteiger partial charge < -0.3 is 4.74 Å². The number of nitrogens with one attached hydrogen (secondary N) is 1. The van der Waals surface area contributed by atoms with Gasteiger partial charge in [-0.25, -0.2) is 10.8 Å². The van der Waals surface area contributed by atoms with Crippen LogP contribution in [-0.2, 0) is 6.42 Å². The first kappa shape index (κ1) is 15.5. The summed E-state index contributed by atoms with van der Waals surface area (Å²) >= 11 is 1.35. The predicted molar refractivity (Wildman–Crippen MR) is 83.6 cm³/mol. The molecule has 0 atom stereocenters. The molecule has 5 nitrogen and oxygen atoms in total. The second-order valence-electron chi connectivity index (χ2n) is 4.86. The highest BCUT2D eigenvalue weighted by atomic mass is 32.1. The first-order valence-corrected chi connectivity index (χ1v) is 7.50. The van der Waals surface area contributed by atoms with E-state index in [1.807, 2.05) is 26.0 Å². The van der Waals surface area contributed by atoms with Crippen molar-refractivity contribution in [2.75, 3.05) is 6.61 Å². The van der Waals surface area contributed by atoms with Gasteiger partial charge in [0.15, 0.2) is 0 Å². The average molecular weight is 305 g/mol. The van der Waals surface area contributed by atoms with E-state index in [0.717, 1.165) is 16.3 Å². The summed E-state index contributed by atoms with van der Waals surface area (Å²) in [5, 5.41) is 0.872. The van der Waals surface area contributed by atoms with E-state index in [-0.39, 0.29) is 5.91 Å². The minimum atomic E-state index is -0.299. The maximum atomic E-state index is 11.5. The van der Waals surface area contributed by atoms with E-state index in [1.165, 1.54) is 16.9 Å². The van der Waals surface area contributed by atoms with E-state index in [4.69, 9.17) is 10.6 Å². The fourth-order valence-electron chi connectivity index (χ4n) is 1.95. The van der Waals surface area contributed by atoms with Crippen molar-refractivity contribution in [1.29, 1.82) is 0 Å². The van der Waals surface area contributed by atoms with Gasteiger partial charge in [-0.15, -0.1) is 11.3 Å². The number of carbonyl (C=O) groups is 1. The van der Waals surface area contributed by atoms with Crippen LogP contribution < -0.4 is 16.0 Å². The molecule has 1 aromatic carbocycles. The van der Waals surface area contributed by atoms with Crippen molar-refractivity contribution in [3.05, 3.63) is 44.9 Å². The van der Waals surface area contributed by atoms with Crippen molar-refractivity contribution in [2.24, 2.45) is 5.84 Å². The van der Waals surface area contributed by atoms with Crippen molar-refractivity contribution in [1.82, 2.24) is 10.4 Å². The number of hydrogen-bond donors (Lipinski definition) is 2. The van der Waals surface area contributed by atoms with Gasteiger partial charge in [0, 0.05) is 6.42 Å². The van der Waals surface area contributed by atoms with Gasteiger partial charge in [-0.3, -0.25) is 10.2 Å². The summed E-state index contributed by atoms with van der Waals surface area (Å²) < 4.78 is 5.80. The molecule has 2 aromatic rings. The smallest absolute Gasteiger partial charge is 0.277 e. The molecule has 1 heterocycles. The van der Waals surface area contributed by atoms with Gasteiger partial charge >= 0.3 is 0 Å². The lowest BCUT2D eigenvalue weighted by molar-refractivity contribution is 0.0957. The highest BCUT2D eigenvalue weighted by molar-refractivity contribution is 7.13. The SMILES string of the molecule is Cc1ccc(C)c(OCCc2nc(C)c(C(=O)NN)s2)c1. The Hall–Kier alpha value is -1.92. The largest absolute Gasteiger partial charge is 0.493 e. The Morgan fingerprint density at radius 2 is 2.14 bits per heavy atom. The summed E-state index contributed by atoms with van der Waals surface area (Å²) in [6, 6.07) is 6.13.